The Labute approximate surface area is 530 Å². The number of unbranched alkanes of at least 4 members (excludes halogenated alkanes) is 11. The van der Waals surface area contributed by atoms with Crippen LogP contribution in [0.4, 0.5) is 0 Å². The van der Waals surface area contributed by atoms with E-state index in [4.69, 9.17) is 23.7 Å². The molecule has 20 heteroatoms. The Hall–Kier alpha value is -2.27. The number of ether oxygens (including phenoxy) is 5. The van der Waals surface area contributed by atoms with E-state index < -0.39 is 24.4 Å². The van der Waals surface area contributed by atoms with Crippen molar-refractivity contribution in [3.8, 4) is 0 Å². The van der Waals surface area contributed by atoms with E-state index in [0.29, 0.717) is 155 Å². The summed E-state index contributed by atoms with van der Waals surface area (Å²) in [5, 5.41) is 44.0. The number of hydrogen-bond acceptors (Lipinski definition) is 20. The monoisotopic (exact) mass is 1260 g/mol. The summed E-state index contributed by atoms with van der Waals surface area (Å²) in [5.41, 5.74) is 0. The fourth-order valence-electron chi connectivity index (χ4n) is 9.97. The molecule has 86 heavy (non-hydrogen) atoms. The summed E-state index contributed by atoms with van der Waals surface area (Å²) in [6.07, 6.45) is 19.7. The maximum absolute atomic E-state index is 12.9. The number of hydrogen-bond donors (Lipinski definition) is 4. The molecule has 4 unspecified atom stereocenters. The zero-order valence-corrected chi connectivity index (χ0v) is 56.7. The van der Waals surface area contributed by atoms with Gasteiger partial charge < -0.3 is 44.1 Å². The molecule has 0 saturated carbocycles. The molecule has 1 heterocycles. The second kappa shape index (κ2) is 56.7. The SMILES string of the molecule is CCCCOC(=O)CCCCCCC(O)CN(CCCC(=O)OCCN1CCN(CCSSCCCCN(CC(O)CCCCC(=O)OCCC(C)C)CC(O)CCCCC(=O)OCCC(C)C)CC1)CC(O)CCCCCCC(=O)OCCCC. The average Bonchev–Trinajstić information content (AvgIpc) is 3.61. The summed E-state index contributed by atoms with van der Waals surface area (Å²) in [7, 11) is 3.80. The maximum Gasteiger partial charge on any atom is 0.305 e. The molecule has 1 aliphatic heterocycles. The molecule has 0 bridgehead atoms. The summed E-state index contributed by atoms with van der Waals surface area (Å²) in [4.78, 5) is 70.1. The topological polar surface area (TPSA) is 225 Å². The van der Waals surface area contributed by atoms with Gasteiger partial charge in [-0.05, 0) is 121 Å². The average molecular weight is 1260 g/mol. The van der Waals surface area contributed by atoms with Gasteiger partial charge in [0.25, 0.3) is 0 Å². The minimum Gasteiger partial charge on any atom is -0.466 e. The van der Waals surface area contributed by atoms with E-state index in [1.54, 1.807) is 0 Å². The van der Waals surface area contributed by atoms with Gasteiger partial charge in [-0.1, -0.05) is 127 Å². The van der Waals surface area contributed by atoms with Crippen molar-refractivity contribution in [2.45, 2.75) is 259 Å². The Morgan fingerprint density at radius 3 is 1.10 bits per heavy atom. The molecule has 0 aromatic carbocycles. The van der Waals surface area contributed by atoms with E-state index in [1.165, 1.54) is 0 Å². The smallest absolute Gasteiger partial charge is 0.305 e. The van der Waals surface area contributed by atoms with Gasteiger partial charge >= 0.3 is 29.8 Å². The highest BCUT2D eigenvalue weighted by atomic mass is 33.1. The minimum atomic E-state index is -0.565. The van der Waals surface area contributed by atoms with Crippen LogP contribution in [0.3, 0.4) is 0 Å². The van der Waals surface area contributed by atoms with Gasteiger partial charge in [0.05, 0.1) is 50.8 Å². The molecule has 0 aromatic heterocycles. The molecule has 4 atom stereocenters. The molecule has 0 aromatic rings. The van der Waals surface area contributed by atoms with Crippen LogP contribution in [0, 0.1) is 11.8 Å². The van der Waals surface area contributed by atoms with Gasteiger partial charge in [0.2, 0.25) is 0 Å². The van der Waals surface area contributed by atoms with Gasteiger partial charge in [0, 0.05) is 109 Å². The zero-order valence-electron chi connectivity index (χ0n) is 55.1. The normalized spacial score (nSPS) is 14.7. The fourth-order valence-corrected chi connectivity index (χ4v) is 12.1. The second-order valence-corrected chi connectivity index (χ2v) is 27.5. The summed E-state index contributed by atoms with van der Waals surface area (Å²) >= 11 is 0. The van der Waals surface area contributed by atoms with Crippen LogP contribution in [0.2, 0.25) is 0 Å². The van der Waals surface area contributed by atoms with E-state index in [2.05, 4.69) is 61.1 Å². The quantitative estimate of drug-likeness (QED) is 0.0192. The summed E-state index contributed by atoms with van der Waals surface area (Å²) in [5.74, 6) is 2.16. The third-order valence-corrected chi connectivity index (χ3v) is 18.0. The van der Waals surface area contributed by atoms with Crippen LogP contribution in [-0.4, -0.2) is 217 Å². The zero-order chi connectivity index (χ0) is 63.3. The van der Waals surface area contributed by atoms with Crippen molar-refractivity contribution in [1.29, 1.82) is 0 Å². The summed E-state index contributed by atoms with van der Waals surface area (Å²) in [6, 6.07) is 0. The van der Waals surface area contributed by atoms with Gasteiger partial charge in [-0.15, -0.1) is 0 Å². The van der Waals surface area contributed by atoms with Crippen LogP contribution in [0.25, 0.3) is 0 Å². The molecule has 1 rings (SSSR count). The maximum atomic E-state index is 12.9. The van der Waals surface area contributed by atoms with E-state index >= 15 is 0 Å². The Morgan fingerprint density at radius 1 is 0.372 bits per heavy atom. The number of nitrogens with zero attached hydrogens (tertiary/aromatic N) is 4. The first kappa shape index (κ1) is 81.7. The first-order chi connectivity index (χ1) is 41.5. The standard InChI is InChI=1S/C66H126N4O14S2/c1-7-9-45-80-62(75)30-17-13-11-15-26-58(71)54-70(55-59(72)27-16-12-14-18-31-63(76)81-46-10-8-2)38-25-34-66(79)84-49-43-67-39-41-68(42-40-67)44-51-86-85-50-24-23-37-69(52-60(73)28-19-21-32-64(77)82-47-35-56(3)4)53-61(74)29-20-22-33-65(78)83-48-36-57(5)6/h56-61,71-74H,7-55H2,1-6H3. The predicted octanol–water partition coefficient (Wildman–Crippen LogP) is 10.8. The van der Waals surface area contributed by atoms with Crippen molar-refractivity contribution in [2.75, 3.05) is 123 Å². The lowest BCUT2D eigenvalue weighted by Gasteiger charge is -2.34. The Morgan fingerprint density at radius 2 is 0.698 bits per heavy atom. The van der Waals surface area contributed by atoms with E-state index in [9.17, 15) is 44.4 Å². The van der Waals surface area contributed by atoms with Crippen LogP contribution >= 0.6 is 21.6 Å². The number of aliphatic hydroxyl groups excluding tert-OH is 4. The lowest BCUT2D eigenvalue weighted by Crippen LogP contribution is -2.47. The third-order valence-electron chi connectivity index (χ3n) is 15.5. The third kappa shape index (κ3) is 52.5. The van der Waals surface area contributed by atoms with Crippen molar-refractivity contribution in [1.82, 2.24) is 19.6 Å². The van der Waals surface area contributed by atoms with Crippen LogP contribution in [-0.2, 0) is 47.7 Å². The highest BCUT2D eigenvalue weighted by Crippen LogP contribution is 2.23. The molecular formula is C66H126N4O14S2. The number of piperazine rings is 1. The number of esters is 5. The lowest BCUT2D eigenvalue weighted by atomic mass is 10.1. The van der Waals surface area contributed by atoms with Gasteiger partial charge in [-0.2, -0.15) is 0 Å². The Bertz CT molecular complexity index is 1570. The van der Waals surface area contributed by atoms with Crippen LogP contribution in [0.15, 0.2) is 0 Å². The van der Waals surface area contributed by atoms with E-state index in [-0.39, 0.29) is 36.3 Å². The number of carbonyl (C=O) groups excluding carboxylic acids is 5. The van der Waals surface area contributed by atoms with Crippen LogP contribution < -0.4 is 0 Å². The molecule has 4 N–H and O–H groups in total. The Balaban J connectivity index is 2.44. The highest BCUT2D eigenvalue weighted by Gasteiger charge is 2.21. The number of aliphatic hydroxyl groups is 4. The largest absolute Gasteiger partial charge is 0.466 e. The molecule has 1 aliphatic rings. The molecule has 18 nitrogen and oxygen atoms in total. The molecule has 0 aliphatic carbocycles. The molecule has 0 amide bonds. The summed E-state index contributed by atoms with van der Waals surface area (Å²) in [6.45, 7) is 23.4. The van der Waals surface area contributed by atoms with Crippen molar-refractivity contribution in [3.05, 3.63) is 0 Å². The minimum absolute atomic E-state index is 0.140. The first-order valence-corrected chi connectivity index (χ1v) is 36.6. The number of rotatable bonds is 60. The van der Waals surface area contributed by atoms with E-state index in [0.717, 1.165) is 166 Å². The van der Waals surface area contributed by atoms with Gasteiger partial charge in [0.1, 0.15) is 6.61 Å². The first-order valence-electron chi connectivity index (χ1n) is 34.1. The number of carbonyl (C=O) groups is 5. The second-order valence-electron chi connectivity index (χ2n) is 24.8. The molecule has 1 fully saturated rings. The van der Waals surface area contributed by atoms with Crippen molar-refractivity contribution >= 4 is 51.4 Å². The van der Waals surface area contributed by atoms with Crippen molar-refractivity contribution in [3.63, 3.8) is 0 Å². The molecule has 1 saturated heterocycles. The van der Waals surface area contributed by atoms with E-state index in [1.807, 2.05) is 21.6 Å². The van der Waals surface area contributed by atoms with Crippen molar-refractivity contribution < 1.29 is 68.1 Å². The molecule has 0 spiro atoms. The fraction of sp³-hybridized carbons (Fsp3) is 0.924. The molecule has 0 radical (unpaired) electrons. The van der Waals surface area contributed by atoms with Gasteiger partial charge in [-0.3, -0.25) is 43.6 Å². The highest BCUT2D eigenvalue weighted by molar-refractivity contribution is 8.76. The van der Waals surface area contributed by atoms with Gasteiger partial charge in [0.15, 0.2) is 0 Å². The Kier molecular flexibility index (Phi) is 53.9. The van der Waals surface area contributed by atoms with Crippen LogP contribution in [0.5, 0.6) is 0 Å². The molecule has 506 valence electrons. The van der Waals surface area contributed by atoms with Crippen LogP contribution in [0.1, 0.15) is 234 Å². The summed E-state index contributed by atoms with van der Waals surface area (Å²) < 4.78 is 26.9. The van der Waals surface area contributed by atoms with Crippen molar-refractivity contribution in [2.24, 2.45) is 11.8 Å². The lowest BCUT2D eigenvalue weighted by molar-refractivity contribution is -0.145. The molecular weight excluding hydrogens is 1140 g/mol. The predicted molar refractivity (Wildman–Crippen MR) is 349 cm³/mol. The van der Waals surface area contributed by atoms with Gasteiger partial charge in [-0.25, -0.2) is 0 Å².